The fourth-order valence-electron chi connectivity index (χ4n) is 2.48. The molecule has 0 aromatic heterocycles. The second kappa shape index (κ2) is 10.8. The Bertz CT molecular complexity index is 405. The molecule has 132 valence electrons. The second-order valence-electron chi connectivity index (χ2n) is 6.41. The van der Waals surface area contributed by atoms with E-state index in [2.05, 4.69) is 24.3 Å². The van der Waals surface area contributed by atoms with Crippen molar-refractivity contribution in [1.29, 1.82) is 0 Å². The molecule has 0 bridgehead atoms. The molecule has 0 aliphatic rings. The molecule has 1 N–H and O–H groups in total. The normalized spacial score (nSPS) is 14.7. The first-order chi connectivity index (χ1) is 10.9. The molecular formula is C19H32O4. The van der Waals surface area contributed by atoms with Crippen LogP contribution in [0.2, 0.25) is 0 Å². The molecule has 2 atom stereocenters. The Morgan fingerprint density at radius 3 is 2.48 bits per heavy atom. The predicted octanol–water partition coefficient (Wildman–Crippen LogP) is 3.56. The molecule has 0 aliphatic heterocycles. The summed E-state index contributed by atoms with van der Waals surface area (Å²) in [6.45, 7) is 9.32. The number of benzene rings is 1. The molecule has 0 radical (unpaired) electrons. The van der Waals surface area contributed by atoms with Crippen molar-refractivity contribution in [3.8, 4) is 0 Å². The van der Waals surface area contributed by atoms with Crippen LogP contribution in [0.15, 0.2) is 30.3 Å². The van der Waals surface area contributed by atoms with Gasteiger partial charge in [-0.25, -0.2) is 0 Å². The number of ether oxygens (including phenoxy) is 3. The monoisotopic (exact) mass is 324 g/mol. The summed E-state index contributed by atoms with van der Waals surface area (Å²) in [5, 5.41) is 10.1. The van der Waals surface area contributed by atoms with Crippen LogP contribution in [0.1, 0.15) is 46.1 Å². The largest absolute Gasteiger partial charge is 0.391 e. The molecule has 1 rings (SSSR count). The van der Waals surface area contributed by atoms with E-state index in [0.717, 1.165) is 12.8 Å². The third-order valence-electron chi connectivity index (χ3n) is 3.60. The lowest BCUT2D eigenvalue weighted by Crippen LogP contribution is -2.33. The van der Waals surface area contributed by atoms with Gasteiger partial charge in [0.05, 0.1) is 18.3 Å². The zero-order chi connectivity index (χ0) is 17.1. The summed E-state index contributed by atoms with van der Waals surface area (Å²) in [6, 6.07) is 10.4. The Morgan fingerprint density at radius 2 is 1.83 bits per heavy atom. The van der Waals surface area contributed by atoms with Crippen LogP contribution in [0.5, 0.6) is 0 Å². The number of aryl methyl sites for hydroxylation is 1. The van der Waals surface area contributed by atoms with Gasteiger partial charge in [0.2, 0.25) is 0 Å². The second-order valence-corrected chi connectivity index (χ2v) is 6.41. The molecule has 1 aromatic carbocycles. The van der Waals surface area contributed by atoms with Crippen molar-refractivity contribution in [2.45, 2.75) is 65.0 Å². The molecule has 0 saturated heterocycles. The summed E-state index contributed by atoms with van der Waals surface area (Å²) < 4.78 is 16.7. The van der Waals surface area contributed by atoms with Gasteiger partial charge in [0.25, 0.3) is 0 Å². The van der Waals surface area contributed by atoms with Crippen molar-refractivity contribution >= 4 is 0 Å². The van der Waals surface area contributed by atoms with Crippen LogP contribution in [-0.4, -0.2) is 42.9 Å². The first-order valence-corrected chi connectivity index (χ1v) is 8.52. The average molecular weight is 324 g/mol. The molecule has 4 nitrogen and oxygen atoms in total. The van der Waals surface area contributed by atoms with Crippen molar-refractivity contribution in [3.63, 3.8) is 0 Å². The third-order valence-corrected chi connectivity index (χ3v) is 3.60. The van der Waals surface area contributed by atoms with E-state index >= 15 is 0 Å². The number of rotatable bonds is 12. The van der Waals surface area contributed by atoms with E-state index in [-0.39, 0.29) is 18.5 Å². The molecule has 0 saturated carbocycles. The van der Waals surface area contributed by atoms with Gasteiger partial charge in [-0.05, 0) is 46.1 Å². The number of aliphatic hydroxyl groups excluding tert-OH is 1. The zero-order valence-corrected chi connectivity index (χ0v) is 15.0. The van der Waals surface area contributed by atoms with Gasteiger partial charge in [0, 0.05) is 19.6 Å². The molecule has 0 heterocycles. The lowest BCUT2D eigenvalue weighted by molar-refractivity contribution is -0.151. The van der Waals surface area contributed by atoms with Gasteiger partial charge in [0.1, 0.15) is 0 Å². The van der Waals surface area contributed by atoms with Crippen molar-refractivity contribution in [2.75, 3.05) is 19.8 Å². The highest BCUT2D eigenvalue weighted by atomic mass is 16.7. The molecule has 2 unspecified atom stereocenters. The summed E-state index contributed by atoms with van der Waals surface area (Å²) >= 11 is 0. The highest BCUT2D eigenvalue weighted by Crippen LogP contribution is 2.18. The maximum Gasteiger partial charge on any atom is 0.154 e. The first-order valence-electron chi connectivity index (χ1n) is 8.52. The Kier molecular flexibility index (Phi) is 9.41. The highest BCUT2D eigenvalue weighted by Gasteiger charge is 2.23. The minimum absolute atomic E-state index is 0.262. The van der Waals surface area contributed by atoms with Crippen molar-refractivity contribution in [2.24, 2.45) is 0 Å². The zero-order valence-electron chi connectivity index (χ0n) is 15.0. The predicted molar refractivity (Wildman–Crippen MR) is 92.5 cm³/mol. The Labute approximate surface area is 140 Å². The van der Waals surface area contributed by atoms with Gasteiger partial charge in [-0.1, -0.05) is 30.3 Å². The Hall–Kier alpha value is -0.940. The quantitative estimate of drug-likeness (QED) is 0.472. The maximum atomic E-state index is 10.1. The lowest BCUT2D eigenvalue weighted by Gasteiger charge is -2.28. The number of hydrogen-bond donors (Lipinski definition) is 1. The van der Waals surface area contributed by atoms with Crippen LogP contribution in [0, 0.1) is 0 Å². The molecular weight excluding hydrogens is 292 g/mol. The number of hydrogen-bond acceptors (Lipinski definition) is 4. The van der Waals surface area contributed by atoms with E-state index in [1.165, 1.54) is 5.56 Å². The molecule has 0 aliphatic carbocycles. The van der Waals surface area contributed by atoms with Gasteiger partial charge in [-0.2, -0.15) is 0 Å². The van der Waals surface area contributed by atoms with Crippen LogP contribution < -0.4 is 0 Å². The Balaban J connectivity index is 2.18. The minimum atomic E-state index is -0.554. The fraction of sp³-hybridized carbons (Fsp3) is 0.684. The van der Waals surface area contributed by atoms with E-state index in [0.29, 0.717) is 19.6 Å². The van der Waals surface area contributed by atoms with Gasteiger partial charge in [0.15, 0.2) is 6.29 Å². The summed E-state index contributed by atoms with van der Waals surface area (Å²) in [4.78, 5) is 0. The SMILES string of the molecule is CCOC(C)OCC(O)CC(C)(C)OCCCc1ccccc1. The lowest BCUT2D eigenvalue weighted by atomic mass is 10.0. The van der Waals surface area contributed by atoms with Crippen LogP contribution >= 0.6 is 0 Å². The third kappa shape index (κ3) is 9.72. The topological polar surface area (TPSA) is 47.9 Å². The van der Waals surface area contributed by atoms with Gasteiger partial charge in [-0.3, -0.25) is 0 Å². The smallest absolute Gasteiger partial charge is 0.154 e. The standard InChI is InChI=1S/C19H32O4/c1-5-21-16(2)22-15-18(20)14-19(3,4)23-13-9-12-17-10-7-6-8-11-17/h6-8,10-11,16,18,20H,5,9,12-15H2,1-4H3. The summed E-state index contributed by atoms with van der Waals surface area (Å²) in [5.74, 6) is 0. The average Bonchev–Trinajstić information content (AvgIpc) is 2.50. The van der Waals surface area contributed by atoms with Crippen molar-refractivity contribution in [3.05, 3.63) is 35.9 Å². The van der Waals surface area contributed by atoms with E-state index in [1.807, 2.05) is 33.8 Å². The van der Waals surface area contributed by atoms with Crippen molar-refractivity contribution < 1.29 is 19.3 Å². The first kappa shape index (κ1) is 20.1. The van der Waals surface area contributed by atoms with Crippen LogP contribution in [-0.2, 0) is 20.6 Å². The Morgan fingerprint density at radius 1 is 1.13 bits per heavy atom. The molecule has 1 aromatic rings. The van der Waals surface area contributed by atoms with Crippen LogP contribution in [0.25, 0.3) is 0 Å². The van der Waals surface area contributed by atoms with Crippen LogP contribution in [0.3, 0.4) is 0 Å². The molecule has 0 spiro atoms. The molecule has 0 amide bonds. The van der Waals surface area contributed by atoms with Crippen molar-refractivity contribution in [1.82, 2.24) is 0 Å². The van der Waals surface area contributed by atoms with E-state index in [9.17, 15) is 5.11 Å². The van der Waals surface area contributed by atoms with Crippen LogP contribution in [0.4, 0.5) is 0 Å². The van der Waals surface area contributed by atoms with Gasteiger partial charge < -0.3 is 19.3 Å². The summed E-state index contributed by atoms with van der Waals surface area (Å²) in [7, 11) is 0. The highest BCUT2D eigenvalue weighted by molar-refractivity contribution is 5.14. The fourth-order valence-corrected chi connectivity index (χ4v) is 2.48. The molecule has 4 heteroatoms. The molecule has 0 fully saturated rings. The molecule has 23 heavy (non-hydrogen) atoms. The maximum absolute atomic E-state index is 10.1. The van der Waals surface area contributed by atoms with E-state index in [4.69, 9.17) is 14.2 Å². The number of aliphatic hydroxyl groups is 1. The summed E-state index contributed by atoms with van der Waals surface area (Å²) in [6.07, 6.45) is 1.68. The van der Waals surface area contributed by atoms with E-state index in [1.54, 1.807) is 0 Å². The minimum Gasteiger partial charge on any atom is -0.391 e. The van der Waals surface area contributed by atoms with E-state index < -0.39 is 6.10 Å². The van der Waals surface area contributed by atoms with Gasteiger partial charge in [-0.15, -0.1) is 0 Å². The summed E-state index contributed by atoms with van der Waals surface area (Å²) in [5.41, 5.74) is 0.959. The van der Waals surface area contributed by atoms with Gasteiger partial charge >= 0.3 is 0 Å².